The fraction of sp³-hybridized carbons (Fsp3) is 0.933. The van der Waals surface area contributed by atoms with Crippen LogP contribution in [-0.4, -0.2) is 54.0 Å². The van der Waals surface area contributed by atoms with Crippen LogP contribution in [0.5, 0.6) is 0 Å². The summed E-state index contributed by atoms with van der Waals surface area (Å²) in [5.41, 5.74) is 5.96. The monoisotopic (exact) mass is 303 g/mol. The lowest BCUT2D eigenvalue weighted by molar-refractivity contribution is -0.136. The Morgan fingerprint density at radius 1 is 1.30 bits per heavy atom. The molecular formula is C15H30ClN3O. The second kappa shape index (κ2) is 8.20. The van der Waals surface area contributed by atoms with Crippen LogP contribution < -0.4 is 5.73 Å². The number of amides is 1. The highest BCUT2D eigenvalue weighted by Crippen LogP contribution is 2.22. The van der Waals surface area contributed by atoms with Gasteiger partial charge in [-0.3, -0.25) is 9.69 Å². The minimum atomic E-state index is 0. The molecule has 2 rings (SSSR count). The zero-order valence-electron chi connectivity index (χ0n) is 12.9. The van der Waals surface area contributed by atoms with Gasteiger partial charge in [-0.15, -0.1) is 12.4 Å². The van der Waals surface area contributed by atoms with E-state index in [1.54, 1.807) is 0 Å². The summed E-state index contributed by atoms with van der Waals surface area (Å²) < 4.78 is 0. The van der Waals surface area contributed by atoms with Crippen molar-refractivity contribution < 1.29 is 4.79 Å². The van der Waals surface area contributed by atoms with Crippen molar-refractivity contribution in [1.82, 2.24) is 9.80 Å². The molecule has 1 amide bonds. The molecule has 2 saturated heterocycles. The van der Waals surface area contributed by atoms with E-state index < -0.39 is 0 Å². The lowest BCUT2D eigenvalue weighted by Crippen LogP contribution is -2.47. The largest absolute Gasteiger partial charge is 0.339 e. The molecule has 0 saturated carbocycles. The summed E-state index contributed by atoms with van der Waals surface area (Å²) in [6.45, 7) is 7.85. The molecule has 5 heteroatoms. The molecule has 0 aromatic rings. The summed E-state index contributed by atoms with van der Waals surface area (Å²) in [5.74, 6) is 0.896. The van der Waals surface area contributed by atoms with Gasteiger partial charge in [-0.2, -0.15) is 0 Å². The Balaban J connectivity index is 0.00000200. The fourth-order valence-corrected chi connectivity index (χ4v) is 3.47. The number of hydrogen-bond acceptors (Lipinski definition) is 3. The van der Waals surface area contributed by atoms with E-state index in [9.17, 15) is 4.79 Å². The van der Waals surface area contributed by atoms with Crippen molar-refractivity contribution in [3.05, 3.63) is 0 Å². The van der Waals surface area contributed by atoms with Crippen LogP contribution in [0.15, 0.2) is 0 Å². The van der Waals surface area contributed by atoms with E-state index in [2.05, 4.69) is 23.6 Å². The first-order valence-electron chi connectivity index (χ1n) is 7.89. The molecular weight excluding hydrogens is 274 g/mol. The number of nitrogens with two attached hydrogens (primary N) is 1. The first-order valence-corrected chi connectivity index (χ1v) is 7.89. The number of carbonyl (C=O) groups is 1. The molecule has 2 aliphatic rings. The van der Waals surface area contributed by atoms with Crippen molar-refractivity contribution in [2.45, 2.75) is 58.0 Å². The Kier molecular flexibility index (Phi) is 7.27. The second-order valence-electron chi connectivity index (χ2n) is 6.29. The molecule has 2 heterocycles. The van der Waals surface area contributed by atoms with Crippen molar-refractivity contribution in [2.75, 3.05) is 26.2 Å². The summed E-state index contributed by atoms with van der Waals surface area (Å²) >= 11 is 0. The Morgan fingerprint density at radius 3 is 2.65 bits per heavy atom. The summed E-state index contributed by atoms with van der Waals surface area (Å²) in [6.07, 6.45) is 5.87. The lowest BCUT2D eigenvalue weighted by atomic mass is 10.00. The molecule has 118 valence electrons. The van der Waals surface area contributed by atoms with Crippen LogP contribution in [-0.2, 0) is 4.79 Å². The van der Waals surface area contributed by atoms with E-state index >= 15 is 0 Å². The first-order chi connectivity index (χ1) is 9.11. The third kappa shape index (κ3) is 4.34. The Labute approximate surface area is 129 Å². The van der Waals surface area contributed by atoms with Crippen LogP contribution in [0.4, 0.5) is 0 Å². The van der Waals surface area contributed by atoms with E-state index in [-0.39, 0.29) is 18.4 Å². The lowest BCUT2D eigenvalue weighted by Gasteiger charge is -2.36. The standard InChI is InChI=1S/C15H29N3O.ClH/c1-3-14-6-4-5-8-18(14)15(19)11-17-9-7-13(10-17)12(2)16;/h12-14H,3-11,16H2,1-2H3;1H. The van der Waals surface area contributed by atoms with Crippen molar-refractivity contribution >= 4 is 18.3 Å². The van der Waals surface area contributed by atoms with E-state index in [0.29, 0.717) is 24.4 Å². The smallest absolute Gasteiger partial charge is 0.236 e. The molecule has 4 nitrogen and oxygen atoms in total. The quantitative estimate of drug-likeness (QED) is 0.862. The number of hydrogen-bond donors (Lipinski definition) is 1. The predicted molar refractivity (Wildman–Crippen MR) is 85.1 cm³/mol. The summed E-state index contributed by atoms with van der Waals surface area (Å²) in [4.78, 5) is 16.9. The van der Waals surface area contributed by atoms with E-state index in [4.69, 9.17) is 5.73 Å². The van der Waals surface area contributed by atoms with Crippen LogP contribution in [0.1, 0.15) is 46.0 Å². The number of halogens is 1. The van der Waals surface area contributed by atoms with Gasteiger partial charge in [-0.1, -0.05) is 6.92 Å². The molecule has 2 aliphatic heterocycles. The molecule has 0 aromatic carbocycles. The van der Waals surface area contributed by atoms with Crippen LogP contribution in [0.3, 0.4) is 0 Å². The third-order valence-electron chi connectivity index (χ3n) is 4.83. The maximum Gasteiger partial charge on any atom is 0.236 e. The second-order valence-corrected chi connectivity index (χ2v) is 6.29. The Bertz CT molecular complexity index is 311. The van der Waals surface area contributed by atoms with Gasteiger partial charge < -0.3 is 10.6 Å². The van der Waals surface area contributed by atoms with E-state index in [1.807, 2.05) is 0 Å². The van der Waals surface area contributed by atoms with Crippen molar-refractivity contribution in [1.29, 1.82) is 0 Å². The van der Waals surface area contributed by atoms with Gasteiger partial charge in [-0.05, 0) is 51.5 Å². The van der Waals surface area contributed by atoms with Gasteiger partial charge in [0.15, 0.2) is 0 Å². The summed E-state index contributed by atoms with van der Waals surface area (Å²) in [5, 5.41) is 0. The normalized spacial score (nSPS) is 29.1. The molecule has 2 N–H and O–H groups in total. The third-order valence-corrected chi connectivity index (χ3v) is 4.83. The zero-order chi connectivity index (χ0) is 13.8. The molecule has 0 radical (unpaired) electrons. The topological polar surface area (TPSA) is 49.6 Å². The van der Waals surface area contributed by atoms with Crippen LogP contribution >= 0.6 is 12.4 Å². The molecule has 3 unspecified atom stereocenters. The first kappa shape index (κ1) is 17.7. The van der Waals surface area contributed by atoms with Gasteiger partial charge in [0, 0.05) is 25.2 Å². The minimum Gasteiger partial charge on any atom is -0.339 e. The Hall–Kier alpha value is -0.320. The average molecular weight is 304 g/mol. The highest BCUT2D eigenvalue weighted by atomic mass is 35.5. The van der Waals surface area contributed by atoms with Gasteiger partial charge in [0.2, 0.25) is 5.91 Å². The van der Waals surface area contributed by atoms with Gasteiger partial charge >= 0.3 is 0 Å². The molecule has 2 fully saturated rings. The minimum absolute atomic E-state index is 0. The molecule has 3 atom stereocenters. The van der Waals surface area contributed by atoms with Gasteiger partial charge in [-0.25, -0.2) is 0 Å². The molecule has 0 aliphatic carbocycles. The highest BCUT2D eigenvalue weighted by Gasteiger charge is 2.30. The maximum atomic E-state index is 12.5. The van der Waals surface area contributed by atoms with Crippen molar-refractivity contribution in [3.63, 3.8) is 0 Å². The molecule has 0 aromatic heterocycles. The molecule has 0 spiro atoms. The van der Waals surface area contributed by atoms with Crippen LogP contribution in [0.2, 0.25) is 0 Å². The van der Waals surface area contributed by atoms with Crippen LogP contribution in [0.25, 0.3) is 0 Å². The molecule has 20 heavy (non-hydrogen) atoms. The average Bonchev–Trinajstić information content (AvgIpc) is 2.87. The number of nitrogens with zero attached hydrogens (tertiary/aromatic N) is 2. The van der Waals surface area contributed by atoms with E-state index in [1.165, 1.54) is 19.3 Å². The van der Waals surface area contributed by atoms with E-state index in [0.717, 1.165) is 32.5 Å². The molecule has 0 bridgehead atoms. The van der Waals surface area contributed by atoms with Gasteiger partial charge in [0.05, 0.1) is 6.54 Å². The number of piperidine rings is 1. The zero-order valence-corrected chi connectivity index (χ0v) is 13.7. The van der Waals surface area contributed by atoms with Crippen LogP contribution in [0, 0.1) is 5.92 Å². The Morgan fingerprint density at radius 2 is 2.05 bits per heavy atom. The predicted octanol–water partition coefficient (Wildman–Crippen LogP) is 1.87. The summed E-state index contributed by atoms with van der Waals surface area (Å²) in [6, 6.07) is 0.728. The number of likely N-dealkylation sites (tertiary alicyclic amines) is 2. The van der Waals surface area contributed by atoms with Crippen molar-refractivity contribution in [2.24, 2.45) is 11.7 Å². The highest BCUT2D eigenvalue weighted by molar-refractivity contribution is 5.85. The number of rotatable bonds is 4. The van der Waals surface area contributed by atoms with Gasteiger partial charge in [0.1, 0.15) is 0 Å². The van der Waals surface area contributed by atoms with Crippen molar-refractivity contribution in [3.8, 4) is 0 Å². The SMILES string of the molecule is CCC1CCCCN1C(=O)CN1CCC(C(C)N)C1.Cl. The fourth-order valence-electron chi connectivity index (χ4n) is 3.47. The number of carbonyl (C=O) groups excluding carboxylic acids is 1. The maximum absolute atomic E-state index is 12.5. The summed E-state index contributed by atoms with van der Waals surface area (Å²) in [7, 11) is 0. The van der Waals surface area contributed by atoms with Gasteiger partial charge in [0.25, 0.3) is 0 Å².